The molecule has 84 valence electrons. The van der Waals surface area contributed by atoms with Gasteiger partial charge in [0, 0.05) is 0 Å². The first kappa shape index (κ1) is 12.0. The van der Waals surface area contributed by atoms with Crippen LogP contribution in [0.15, 0.2) is 0 Å². The Bertz CT molecular complexity index is 242. The van der Waals surface area contributed by atoms with E-state index < -0.39 is 39.1 Å². The summed E-state index contributed by atoms with van der Waals surface area (Å²) in [6.45, 7) is -0.664. The summed E-state index contributed by atoms with van der Waals surface area (Å²) in [6.07, 6.45) is -6.85. The lowest BCUT2D eigenvalue weighted by atomic mass is 10.2. The zero-order chi connectivity index (χ0) is 10.9. The van der Waals surface area contributed by atoms with Crippen molar-refractivity contribution in [3.8, 4) is 0 Å². The molecule has 1 aliphatic rings. The van der Waals surface area contributed by atoms with Gasteiger partial charge in [-0.15, -0.1) is 0 Å². The smallest absolute Gasteiger partial charge is 0.394 e. The van der Waals surface area contributed by atoms with Crippen molar-refractivity contribution in [2.45, 2.75) is 24.7 Å². The molecule has 0 unspecified atom stereocenters. The average Bonchev–Trinajstić information content (AvgIpc) is 2.30. The molecule has 0 aliphatic carbocycles. The van der Waals surface area contributed by atoms with Gasteiger partial charge in [-0.1, -0.05) is 0 Å². The fourth-order valence-electron chi connectivity index (χ4n) is 1.06. The quantitative estimate of drug-likeness (QED) is 0.438. The fraction of sp³-hybridized carbons (Fsp3) is 1.00. The fourth-order valence-corrected chi connectivity index (χ4v) is 1.50. The average molecular weight is 232 g/mol. The van der Waals surface area contributed by atoms with Crippen LogP contribution in [0.1, 0.15) is 0 Å². The summed E-state index contributed by atoms with van der Waals surface area (Å²) in [4.78, 5) is 16.7. The second-order valence-corrected chi connectivity index (χ2v) is 3.95. The first-order chi connectivity index (χ1) is 6.35. The van der Waals surface area contributed by atoms with Gasteiger partial charge in [0.15, 0.2) is 6.17 Å². The molecule has 0 aromatic carbocycles. The third-order valence-electron chi connectivity index (χ3n) is 1.70. The molecule has 0 spiro atoms. The van der Waals surface area contributed by atoms with Gasteiger partial charge in [-0.05, 0) is 0 Å². The number of alkyl halides is 1. The van der Waals surface area contributed by atoms with E-state index in [2.05, 4.69) is 9.26 Å². The lowest BCUT2D eigenvalue weighted by molar-refractivity contribution is -0.114. The summed E-state index contributed by atoms with van der Waals surface area (Å²) < 4.78 is 31.7. The lowest BCUT2D eigenvalue weighted by Gasteiger charge is -2.13. The molecule has 4 atom stereocenters. The van der Waals surface area contributed by atoms with Gasteiger partial charge in [-0.2, -0.15) is 0 Å². The number of rotatable bonds is 3. The Balaban J connectivity index is 2.61. The molecule has 1 saturated heterocycles. The van der Waals surface area contributed by atoms with Gasteiger partial charge >= 0.3 is 7.82 Å². The number of phosphoric ester groups is 1. The van der Waals surface area contributed by atoms with Crippen LogP contribution in [0.2, 0.25) is 0 Å². The van der Waals surface area contributed by atoms with Crippen molar-refractivity contribution < 1.29 is 38.2 Å². The number of halogens is 1. The van der Waals surface area contributed by atoms with Crippen LogP contribution in [-0.4, -0.2) is 51.3 Å². The third kappa shape index (κ3) is 2.71. The van der Waals surface area contributed by atoms with E-state index in [0.717, 1.165) is 0 Å². The Morgan fingerprint density at radius 3 is 2.43 bits per heavy atom. The summed E-state index contributed by atoms with van der Waals surface area (Å²) in [5, 5.41) is 17.6. The largest absolute Gasteiger partial charge is 0.472 e. The van der Waals surface area contributed by atoms with Crippen LogP contribution < -0.4 is 0 Å². The van der Waals surface area contributed by atoms with Crippen LogP contribution in [0.25, 0.3) is 0 Å². The maximum Gasteiger partial charge on any atom is 0.472 e. The van der Waals surface area contributed by atoms with Crippen LogP contribution in [0.5, 0.6) is 0 Å². The van der Waals surface area contributed by atoms with Crippen molar-refractivity contribution in [2.24, 2.45) is 0 Å². The zero-order valence-corrected chi connectivity index (χ0v) is 7.75. The summed E-state index contributed by atoms with van der Waals surface area (Å²) >= 11 is 0. The molecule has 0 aromatic rings. The minimum atomic E-state index is -4.87. The maximum atomic E-state index is 13.0. The Kier molecular flexibility index (Phi) is 3.59. The predicted molar refractivity (Wildman–Crippen MR) is 39.8 cm³/mol. The van der Waals surface area contributed by atoms with Gasteiger partial charge < -0.3 is 24.7 Å². The van der Waals surface area contributed by atoms with E-state index in [4.69, 9.17) is 20.0 Å². The van der Waals surface area contributed by atoms with Crippen LogP contribution in [-0.2, 0) is 13.8 Å². The van der Waals surface area contributed by atoms with E-state index >= 15 is 0 Å². The van der Waals surface area contributed by atoms with Crippen molar-refractivity contribution in [3.63, 3.8) is 0 Å². The monoisotopic (exact) mass is 232 g/mol. The van der Waals surface area contributed by atoms with Gasteiger partial charge in [0.1, 0.15) is 12.2 Å². The van der Waals surface area contributed by atoms with E-state index in [0.29, 0.717) is 0 Å². The molecule has 1 heterocycles. The molecule has 1 aliphatic heterocycles. The standard InChI is InChI=1S/C5H10FO7P/c6-3-4(8)2(1-7)12-5(3)13-14(9,10)11/h2-5,7-8H,1H2,(H2,9,10,11)/t2-,3+,4-,5-/m1/s1. The predicted octanol–water partition coefficient (Wildman–Crippen LogP) is -1.49. The Hall–Kier alpha value is -0.0800. The van der Waals surface area contributed by atoms with Crippen LogP contribution in [0.4, 0.5) is 4.39 Å². The lowest BCUT2D eigenvalue weighted by Crippen LogP contribution is -2.31. The molecule has 0 aromatic heterocycles. The molecule has 0 radical (unpaired) electrons. The van der Waals surface area contributed by atoms with Crippen molar-refractivity contribution in [1.29, 1.82) is 0 Å². The van der Waals surface area contributed by atoms with E-state index in [1.165, 1.54) is 0 Å². The van der Waals surface area contributed by atoms with Crippen molar-refractivity contribution in [2.75, 3.05) is 6.61 Å². The molecule has 0 saturated carbocycles. The van der Waals surface area contributed by atoms with Gasteiger partial charge in [-0.25, -0.2) is 8.96 Å². The van der Waals surface area contributed by atoms with Gasteiger partial charge in [0.05, 0.1) is 6.61 Å². The summed E-state index contributed by atoms with van der Waals surface area (Å²) in [7, 11) is -4.87. The highest BCUT2D eigenvalue weighted by Gasteiger charge is 2.47. The molecule has 0 bridgehead atoms. The molecular formula is C5H10FO7P. The number of hydrogen-bond acceptors (Lipinski definition) is 5. The van der Waals surface area contributed by atoms with Crippen LogP contribution >= 0.6 is 7.82 Å². The van der Waals surface area contributed by atoms with Gasteiger partial charge in [-0.3, -0.25) is 4.52 Å². The number of aliphatic hydroxyl groups excluding tert-OH is 2. The van der Waals surface area contributed by atoms with E-state index in [1.54, 1.807) is 0 Å². The number of ether oxygens (including phenoxy) is 1. The molecule has 7 nitrogen and oxygen atoms in total. The molecule has 1 rings (SSSR count). The molecule has 9 heteroatoms. The Morgan fingerprint density at radius 2 is 2.07 bits per heavy atom. The van der Waals surface area contributed by atoms with Crippen LogP contribution in [0, 0.1) is 0 Å². The summed E-state index contributed by atoms with van der Waals surface area (Å²) in [5.41, 5.74) is 0. The SMILES string of the molecule is O=P(O)(O)O[C@H]1O[C@H](CO)[C@@H](O)[C@@H]1F. The molecular weight excluding hydrogens is 222 g/mol. The topological polar surface area (TPSA) is 116 Å². The highest BCUT2D eigenvalue weighted by atomic mass is 31.2. The van der Waals surface area contributed by atoms with Crippen molar-refractivity contribution in [1.82, 2.24) is 0 Å². The summed E-state index contributed by atoms with van der Waals surface area (Å²) in [5.74, 6) is 0. The molecule has 4 N–H and O–H groups in total. The van der Waals surface area contributed by atoms with E-state index in [-0.39, 0.29) is 0 Å². The second-order valence-electron chi connectivity index (χ2n) is 2.76. The Morgan fingerprint density at radius 1 is 1.50 bits per heavy atom. The summed E-state index contributed by atoms with van der Waals surface area (Å²) in [6, 6.07) is 0. The minimum Gasteiger partial charge on any atom is -0.394 e. The molecule has 1 fully saturated rings. The van der Waals surface area contributed by atoms with E-state index in [9.17, 15) is 8.96 Å². The van der Waals surface area contributed by atoms with Crippen LogP contribution in [0.3, 0.4) is 0 Å². The normalized spacial score (nSPS) is 38.9. The highest BCUT2D eigenvalue weighted by Crippen LogP contribution is 2.41. The van der Waals surface area contributed by atoms with Crippen molar-refractivity contribution in [3.05, 3.63) is 0 Å². The van der Waals surface area contributed by atoms with Gasteiger partial charge in [0.25, 0.3) is 0 Å². The zero-order valence-electron chi connectivity index (χ0n) is 6.86. The minimum absolute atomic E-state index is 0.664. The third-order valence-corrected chi connectivity index (χ3v) is 2.18. The number of aliphatic hydroxyl groups is 2. The van der Waals surface area contributed by atoms with Crippen molar-refractivity contribution >= 4 is 7.82 Å². The number of phosphoric acid groups is 1. The van der Waals surface area contributed by atoms with Gasteiger partial charge in [0.2, 0.25) is 6.29 Å². The highest BCUT2D eigenvalue weighted by molar-refractivity contribution is 7.46. The number of hydrogen-bond donors (Lipinski definition) is 4. The Labute approximate surface area is 78.3 Å². The first-order valence-electron chi connectivity index (χ1n) is 3.67. The molecule has 14 heavy (non-hydrogen) atoms. The second kappa shape index (κ2) is 4.19. The maximum absolute atomic E-state index is 13.0. The first-order valence-corrected chi connectivity index (χ1v) is 5.20. The molecule has 0 amide bonds. The van der Waals surface area contributed by atoms with E-state index in [1.807, 2.05) is 0 Å².